The third-order valence-electron chi connectivity index (χ3n) is 6.14. The van der Waals surface area contributed by atoms with Crippen molar-refractivity contribution in [3.63, 3.8) is 0 Å². The number of aromatic nitrogens is 5. The van der Waals surface area contributed by atoms with Gasteiger partial charge in [0.05, 0.1) is 17.6 Å². The number of hydrogen-bond acceptors (Lipinski definition) is 7. The maximum atomic E-state index is 5.55. The maximum absolute atomic E-state index is 5.55. The summed E-state index contributed by atoms with van der Waals surface area (Å²) in [5.74, 6) is 1.08. The Morgan fingerprint density at radius 2 is 1.78 bits per heavy atom. The number of nitrogens with zero attached hydrogens (tertiary/aromatic N) is 5. The van der Waals surface area contributed by atoms with Gasteiger partial charge in [-0.15, -0.1) is 0 Å². The molecule has 3 N–H and O–H groups in total. The first kappa shape index (κ1) is 22.6. The molecule has 1 saturated heterocycles. The number of ether oxygens (including phenoxy) is 1. The number of hydrogen-bond donors (Lipinski definition) is 2. The van der Waals surface area contributed by atoms with Crippen LogP contribution in [-0.4, -0.2) is 49.9 Å². The summed E-state index contributed by atoms with van der Waals surface area (Å²) in [6, 6.07) is 4.77. The highest BCUT2D eigenvalue weighted by Crippen LogP contribution is 2.23. The van der Waals surface area contributed by atoms with Crippen LogP contribution in [0.15, 0.2) is 30.7 Å². The van der Waals surface area contributed by atoms with Gasteiger partial charge >= 0.3 is 0 Å². The first-order valence-corrected chi connectivity index (χ1v) is 11.9. The molecule has 2 aliphatic rings. The average Bonchev–Trinajstić information content (AvgIpc) is 3.25. The van der Waals surface area contributed by atoms with E-state index in [4.69, 9.17) is 15.5 Å². The lowest BCUT2D eigenvalue weighted by Gasteiger charge is -2.22. The summed E-state index contributed by atoms with van der Waals surface area (Å²) in [5.41, 5.74) is 9.29. The van der Waals surface area contributed by atoms with Gasteiger partial charge in [-0.05, 0) is 43.7 Å². The minimum Gasteiger partial charge on any atom is -0.381 e. The number of fused-ring (bicyclic) bond motifs is 1. The summed E-state index contributed by atoms with van der Waals surface area (Å²) in [5, 5.41) is 7.86. The molecule has 172 valence electrons. The monoisotopic (exact) mass is 437 g/mol. The van der Waals surface area contributed by atoms with E-state index in [0.717, 1.165) is 48.7 Å². The number of anilines is 1. The van der Waals surface area contributed by atoms with Crippen LogP contribution in [0.4, 0.5) is 5.95 Å². The van der Waals surface area contributed by atoms with E-state index < -0.39 is 0 Å². The van der Waals surface area contributed by atoms with Crippen LogP contribution in [0.25, 0.3) is 17.0 Å². The zero-order valence-corrected chi connectivity index (χ0v) is 19.2. The molecular weight excluding hydrogens is 402 g/mol. The third-order valence-corrected chi connectivity index (χ3v) is 6.14. The zero-order valence-electron chi connectivity index (χ0n) is 19.2. The second kappa shape index (κ2) is 10.8. The van der Waals surface area contributed by atoms with Crippen LogP contribution in [0.2, 0.25) is 0 Å². The molecule has 8 heteroatoms. The fourth-order valence-corrected chi connectivity index (χ4v) is 4.15. The maximum Gasteiger partial charge on any atom is 0.223 e. The Kier molecular flexibility index (Phi) is 7.65. The van der Waals surface area contributed by atoms with Gasteiger partial charge in [-0.1, -0.05) is 33.1 Å². The largest absolute Gasteiger partial charge is 0.381 e. The van der Waals surface area contributed by atoms with Crippen molar-refractivity contribution >= 4 is 11.6 Å². The first-order valence-electron chi connectivity index (χ1n) is 11.9. The van der Waals surface area contributed by atoms with Crippen LogP contribution >= 0.6 is 0 Å². The van der Waals surface area contributed by atoms with Crippen LogP contribution < -0.4 is 11.1 Å². The molecule has 0 aromatic carbocycles. The quantitative estimate of drug-likeness (QED) is 0.631. The smallest absolute Gasteiger partial charge is 0.223 e. The van der Waals surface area contributed by atoms with Crippen LogP contribution in [0.3, 0.4) is 0 Å². The molecule has 0 atom stereocenters. The Hall–Kier alpha value is -2.58. The van der Waals surface area contributed by atoms with E-state index in [-0.39, 0.29) is 0 Å². The Bertz CT molecular complexity index is 991. The van der Waals surface area contributed by atoms with Gasteiger partial charge in [0.2, 0.25) is 5.95 Å². The molecule has 0 spiro atoms. The van der Waals surface area contributed by atoms with Crippen molar-refractivity contribution in [3.05, 3.63) is 36.3 Å². The molecule has 3 aromatic rings. The summed E-state index contributed by atoms with van der Waals surface area (Å²) in [4.78, 5) is 13.9. The van der Waals surface area contributed by atoms with Crippen LogP contribution in [0.5, 0.6) is 0 Å². The molecule has 0 amide bonds. The molecule has 5 rings (SSSR count). The Morgan fingerprint density at radius 3 is 2.47 bits per heavy atom. The lowest BCUT2D eigenvalue weighted by molar-refractivity contribution is 0.0866. The summed E-state index contributed by atoms with van der Waals surface area (Å²) in [6.07, 6.45) is 14.0. The van der Waals surface area contributed by atoms with Crippen molar-refractivity contribution < 1.29 is 4.74 Å². The lowest BCUT2D eigenvalue weighted by Crippen LogP contribution is -2.28. The SMILES string of the molecule is CC(C)c1cnn2ccc(-c3ccnc(NC4CCCCC4)n3)nc12.NC1CCOCC1. The molecule has 0 bridgehead atoms. The van der Waals surface area contributed by atoms with Gasteiger partial charge in [0.25, 0.3) is 0 Å². The van der Waals surface area contributed by atoms with Gasteiger partial charge in [-0.25, -0.2) is 19.5 Å². The van der Waals surface area contributed by atoms with E-state index in [1.807, 2.05) is 29.0 Å². The summed E-state index contributed by atoms with van der Waals surface area (Å²) in [7, 11) is 0. The van der Waals surface area contributed by atoms with Gasteiger partial charge in [-0.2, -0.15) is 5.10 Å². The predicted octanol–water partition coefficient (Wildman–Crippen LogP) is 4.18. The summed E-state index contributed by atoms with van der Waals surface area (Å²) < 4.78 is 6.88. The zero-order chi connectivity index (χ0) is 22.3. The Balaban J connectivity index is 0.000000300. The number of rotatable bonds is 4. The van der Waals surface area contributed by atoms with E-state index >= 15 is 0 Å². The lowest BCUT2D eigenvalue weighted by atomic mass is 9.96. The van der Waals surface area contributed by atoms with Gasteiger partial charge in [-0.3, -0.25) is 0 Å². The van der Waals surface area contributed by atoms with E-state index in [1.165, 1.54) is 32.1 Å². The molecule has 32 heavy (non-hydrogen) atoms. The van der Waals surface area contributed by atoms with Gasteiger partial charge in [0.1, 0.15) is 0 Å². The normalized spacial score (nSPS) is 17.9. The van der Waals surface area contributed by atoms with Crippen molar-refractivity contribution in [1.82, 2.24) is 24.6 Å². The topological polar surface area (TPSA) is 103 Å². The molecule has 1 aliphatic carbocycles. The average molecular weight is 438 g/mol. The van der Waals surface area contributed by atoms with Crippen LogP contribution in [0.1, 0.15) is 70.3 Å². The highest BCUT2D eigenvalue weighted by atomic mass is 16.5. The highest BCUT2D eigenvalue weighted by Gasteiger charge is 2.15. The van der Waals surface area contributed by atoms with E-state index in [9.17, 15) is 0 Å². The molecule has 4 heterocycles. The number of nitrogens with two attached hydrogens (primary N) is 1. The van der Waals surface area contributed by atoms with E-state index in [1.54, 1.807) is 6.20 Å². The first-order chi connectivity index (χ1) is 15.6. The molecule has 8 nitrogen and oxygen atoms in total. The van der Waals surface area contributed by atoms with Crippen LogP contribution in [0, 0.1) is 0 Å². The van der Waals surface area contributed by atoms with Gasteiger partial charge < -0.3 is 15.8 Å². The summed E-state index contributed by atoms with van der Waals surface area (Å²) in [6.45, 7) is 6.03. The van der Waals surface area contributed by atoms with Crippen LogP contribution in [-0.2, 0) is 4.74 Å². The number of nitrogens with one attached hydrogen (secondary N) is 1. The van der Waals surface area contributed by atoms with Gasteiger partial charge in [0.15, 0.2) is 5.65 Å². The minimum atomic E-state index is 0.383. The summed E-state index contributed by atoms with van der Waals surface area (Å²) >= 11 is 0. The molecule has 1 saturated carbocycles. The molecule has 3 aromatic heterocycles. The second-order valence-corrected chi connectivity index (χ2v) is 9.03. The standard InChI is InChI=1S/C19H24N6.C5H11NO/c1-13(2)15-12-21-25-11-9-17(23-18(15)25)16-8-10-20-19(24-16)22-14-6-4-3-5-7-14;6-5-1-3-7-4-2-5/h8-14H,3-7H2,1-2H3,(H,20,22,24);5H,1-4,6H2. The fourth-order valence-electron chi connectivity index (χ4n) is 4.15. The van der Waals surface area contributed by atoms with Crippen molar-refractivity contribution in [2.75, 3.05) is 18.5 Å². The Labute approximate surface area is 190 Å². The van der Waals surface area contributed by atoms with Crippen molar-refractivity contribution in [1.29, 1.82) is 0 Å². The van der Waals surface area contributed by atoms with Crippen molar-refractivity contribution in [2.24, 2.45) is 5.73 Å². The minimum absolute atomic E-state index is 0.383. The molecule has 2 fully saturated rings. The molecule has 1 aliphatic heterocycles. The van der Waals surface area contributed by atoms with Crippen molar-refractivity contribution in [3.8, 4) is 11.4 Å². The molecule has 0 unspecified atom stereocenters. The van der Waals surface area contributed by atoms with E-state index in [0.29, 0.717) is 23.9 Å². The molecular formula is C24H35N7O. The van der Waals surface area contributed by atoms with E-state index in [2.05, 4.69) is 34.2 Å². The predicted molar refractivity (Wildman–Crippen MR) is 127 cm³/mol. The second-order valence-electron chi connectivity index (χ2n) is 9.03. The Morgan fingerprint density at radius 1 is 1.03 bits per heavy atom. The fraction of sp³-hybridized carbons (Fsp3) is 0.583. The van der Waals surface area contributed by atoms with Crippen molar-refractivity contribution in [2.45, 2.75) is 76.8 Å². The van der Waals surface area contributed by atoms with Gasteiger partial charge in [0, 0.05) is 43.3 Å². The molecule has 0 radical (unpaired) electrons. The third kappa shape index (κ3) is 5.81. The highest BCUT2D eigenvalue weighted by molar-refractivity contribution is 5.60.